The van der Waals surface area contributed by atoms with Gasteiger partial charge in [-0.25, -0.2) is 28.6 Å². The number of esters is 1. The highest BCUT2D eigenvalue weighted by Gasteiger charge is 2.27. The van der Waals surface area contributed by atoms with E-state index in [4.69, 9.17) is 60.6 Å². The van der Waals surface area contributed by atoms with Crippen LogP contribution in [0.1, 0.15) is 27.6 Å². The lowest BCUT2D eigenvalue weighted by molar-refractivity contribution is 0.0525. The van der Waals surface area contributed by atoms with Gasteiger partial charge in [-0.3, -0.25) is 0 Å². The molecule has 2 aromatic carbocycles. The first-order valence-corrected chi connectivity index (χ1v) is 18.4. The molecule has 2 fully saturated rings. The number of carboxylic acids is 1. The number of aromatic carboxylic acids is 1. The number of morpholine rings is 2. The van der Waals surface area contributed by atoms with Gasteiger partial charge in [0.1, 0.15) is 11.1 Å². The molecule has 2 aliphatic heterocycles. The Bertz CT molecular complexity index is 2320. The second-order valence-corrected chi connectivity index (χ2v) is 13.9. The number of carbonyl (C=O) groups excluding carboxylic acids is 1. The Kier molecular flexibility index (Phi) is 11.4. The van der Waals surface area contributed by atoms with Gasteiger partial charge in [-0.2, -0.15) is 10.2 Å². The third-order valence-corrected chi connectivity index (χ3v) is 9.58. The summed E-state index contributed by atoms with van der Waals surface area (Å²) in [5, 5.41) is 20.4. The molecule has 2 saturated heterocycles. The molecule has 0 amide bonds. The Morgan fingerprint density at radius 1 is 0.667 bits per heavy atom. The third-order valence-electron chi connectivity index (χ3n) is 8.71. The van der Waals surface area contributed by atoms with Crippen molar-refractivity contribution in [2.45, 2.75) is 6.92 Å². The van der Waals surface area contributed by atoms with Crippen LogP contribution >= 0.6 is 46.4 Å². The minimum absolute atomic E-state index is 0.112. The topological polar surface area (TPSA) is 149 Å². The molecule has 0 bridgehead atoms. The zero-order chi connectivity index (χ0) is 37.9. The zero-order valence-corrected chi connectivity index (χ0v) is 31.7. The van der Waals surface area contributed by atoms with Gasteiger partial charge in [-0.05, 0) is 43.3 Å². The van der Waals surface area contributed by atoms with E-state index in [-0.39, 0.29) is 12.2 Å². The highest BCUT2D eigenvalue weighted by Crippen LogP contribution is 2.34. The summed E-state index contributed by atoms with van der Waals surface area (Å²) in [6, 6.07) is 10.4. The number of rotatable bonds is 7. The standard InChI is InChI=1S/C19H18Cl2N4O3.C17H14Cl2N4O3/c1-2-28-19(26)15-10-23-25-16(12-7-13(20)9-14(21)8-12)11-22-18(25)17(15)24-3-5-27-6-4-24;18-11-5-10(6-12(19)7-11)14-9-20-16-15(22-1-3-26-4-2-22)13(17(24)25)8-21-23(14)16/h7-11H,2-6H2,1H3;5-9H,1-4H2,(H,24,25). The largest absolute Gasteiger partial charge is 0.478 e. The van der Waals surface area contributed by atoms with Crippen LogP contribution in [-0.4, -0.2) is 105 Å². The van der Waals surface area contributed by atoms with Gasteiger partial charge in [-0.15, -0.1) is 0 Å². The van der Waals surface area contributed by atoms with Gasteiger partial charge in [-0.1, -0.05) is 46.4 Å². The van der Waals surface area contributed by atoms with Crippen molar-refractivity contribution < 1.29 is 28.9 Å². The van der Waals surface area contributed by atoms with Gasteiger partial charge in [0, 0.05) is 57.4 Å². The molecule has 0 unspecified atom stereocenters. The van der Waals surface area contributed by atoms with E-state index in [0.717, 1.165) is 16.8 Å². The molecule has 1 N–H and O–H groups in total. The second-order valence-electron chi connectivity index (χ2n) is 12.1. The van der Waals surface area contributed by atoms with Crippen LogP contribution in [0.5, 0.6) is 0 Å². The summed E-state index contributed by atoms with van der Waals surface area (Å²) in [6.07, 6.45) is 6.20. The molecule has 4 aromatic heterocycles. The number of carboxylic acid groups (broad SMARTS) is 1. The summed E-state index contributed by atoms with van der Waals surface area (Å²) in [5.74, 6) is -1.47. The zero-order valence-electron chi connectivity index (χ0n) is 28.7. The predicted octanol–water partition coefficient (Wildman–Crippen LogP) is 6.95. The smallest absolute Gasteiger partial charge is 0.342 e. The molecule has 0 atom stereocenters. The van der Waals surface area contributed by atoms with Gasteiger partial charge >= 0.3 is 11.9 Å². The number of hydrogen-bond acceptors (Lipinski definition) is 11. The normalized spacial score (nSPS) is 14.6. The SMILES string of the molecule is CCOC(=O)c1cnn2c(-c3cc(Cl)cc(Cl)c3)cnc2c1N1CCOCC1.O=C(O)c1cnn2c(-c3cc(Cl)cc(Cl)c3)cnc2c1N1CCOCC1. The van der Waals surface area contributed by atoms with Crippen LogP contribution < -0.4 is 9.80 Å². The molecule has 18 heteroatoms. The predicted molar refractivity (Wildman–Crippen MR) is 206 cm³/mol. The van der Waals surface area contributed by atoms with Crippen molar-refractivity contribution in [3.05, 3.63) is 92.4 Å². The van der Waals surface area contributed by atoms with Gasteiger partial charge in [0.2, 0.25) is 0 Å². The molecule has 0 spiro atoms. The number of nitrogens with zero attached hydrogens (tertiary/aromatic N) is 8. The first kappa shape index (κ1) is 37.6. The molecule has 54 heavy (non-hydrogen) atoms. The molecule has 2 aliphatic rings. The highest BCUT2D eigenvalue weighted by atomic mass is 35.5. The van der Waals surface area contributed by atoms with E-state index in [1.165, 1.54) is 12.4 Å². The molecule has 280 valence electrons. The van der Waals surface area contributed by atoms with E-state index in [2.05, 4.69) is 25.1 Å². The second kappa shape index (κ2) is 16.3. The maximum Gasteiger partial charge on any atom is 0.342 e. The van der Waals surface area contributed by atoms with Crippen LogP contribution in [0.25, 0.3) is 33.8 Å². The number of benzene rings is 2. The van der Waals surface area contributed by atoms with Crippen LogP contribution in [0.2, 0.25) is 20.1 Å². The summed E-state index contributed by atoms with van der Waals surface area (Å²) in [5.41, 5.74) is 5.70. The van der Waals surface area contributed by atoms with E-state index in [1.807, 2.05) is 4.90 Å². The number of carbonyl (C=O) groups is 2. The monoisotopic (exact) mass is 812 g/mol. The van der Waals surface area contributed by atoms with E-state index in [9.17, 15) is 14.7 Å². The molecular formula is C36H32Cl4N8O6. The number of halogens is 4. The fourth-order valence-corrected chi connectivity index (χ4v) is 7.40. The lowest BCUT2D eigenvalue weighted by Gasteiger charge is -2.30. The molecule has 6 aromatic rings. The highest BCUT2D eigenvalue weighted by molar-refractivity contribution is 6.35. The Morgan fingerprint density at radius 3 is 1.48 bits per heavy atom. The van der Waals surface area contributed by atoms with Crippen molar-refractivity contribution in [2.24, 2.45) is 0 Å². The quantitative estimate of drug-likeness (QED) is 0.166. The summed E-state index contributed by atoms with van der Waals surface area (Å²) in [6.45, 7) is 6.76. The lowest BCUT2D eigenvalue weighted by atomic mass is 10.1. The first-order chi connectivity index (χ1) is 26.1. The van der Waals surface area contributed by atoms with Gasteiger partial charge < -0.3 is 29.1 Å². The van der Waals surface area contributed by atoms with Crippen molar-refractivity contribution >= 4 is 81.0 Å². The number of ether oxygens (including phenoxy) is 3. The molecular weight excluding hydrogens is 782 g/mol. The number of imidazole rings is 2. The fourth-order valence-electron chi connectivity index (χ4n) is 6.35. The maximum absolute atomic E-state index is 12.5. The van der Waals surface area contributed by atoms with Gasteiger partial charge in [0.05, 0.1) is 80.6 Å². The maximum atomic E-state index is 12.5. The minimum atomic E-state index is -1.04. The summed E-state index contributed by atoms with van der Waals surface area (Å²) in [7, 11) is 0. The van der Waals surface area contributed by atoms with Crippen LogP contribution in [0.3, 0.4) is 0 Å². The number of fused-ring (bicyclic) bond motifs is 2. The molecule has 14 nitrogen and oxygen atoms in total. The molecule has 0 radical (unpaired) electrons. The van der Waals surface area contributed by atoms with Crippen molar-refractivity contribution in [1.29, 1.82) is 0 Å². The molecule has 8 rings (SSSR count). The van der Waals surface area contributed by atoms with Crippen LogP contribution in [0.15, 0.2) is 61.2 Å². The number of aromatic nitrogens is 6. The lowest BCUT2D eigenvalue weighted by Crippen LogP contribution is -2.37. The van der Waals surface area contributed by atoms with E-state index >= 15 is 0 Å². The Hall–Kier alpha value is -4.70. The summed E-state index contributed by atoms with van der Waals surface area (Å²) < 4.78 is 19.3. The van der Waals surface area contributed by atoms with Crippen molar-refractivity contribution in [1.82, 2.24) is 29.2 Å². The molecule has 0 aliphatic carbocycles. The Balaban J connectivity index is 0.000000167. The molecule has 0 saturated carbocycles. The Morgan fingerprint density at radius 2 is 1.07 bits per heavy atom. The number of anilines is 2. The average Bonchev–Trinajstić information content (AvgIpc) is 3.79. The van der Waals surface area contributed by atoms with E-state index < -0.39 is 11.9 Å². The summed E-state index contributed by atoms with van der Waals surface area (Å²) in [4.78, 5) is 37.3. The third kappa shape index (κ3) is 7.76. The van der Waals surface area contributed by atoms with Crippen molar-refractivity contribution in [3.8, 4) is 22.5 Å². The van der Waals surface area contributed by atoms with Gasteiger partial charge in [0.25, 0.3) is 0 Å². The molecule has 6 heterocycles. The van der Waals surface area contributed by atoms with Crippen LogP contribution in [-0.2, 0) is 14.2 Å². The van der Waals surface area contributed by atoms with Crippen molar-refractivity contribution in [3.63, 3.8) is 0 Å². The number of hydrogen-bond donors (Lipinski definition) is 1. The average molecular weight is 815 g/mol. The van der Waals surface area contributed by atoms with Crippen LogP contribution in [0, 0.1) is 0 Å². The van der Waals surface area contributed by atoms with Crippen LogP contribution in [0.4, 0.5) is 11.4 Å². The van der Waals surface area contributed by atoms with Crippen molar-refractivity contribution in [2.75, 3.05) is 69.0 Å². The fraction of sp³-hybridized carbons (Fsp3) is 0.278. The Labute approximate surface area is 328 Å². The summed E-state index contributed by atoms with van der Waals surface area (Å²) >= 11 is 24.5. The van der Waals surface area contributed by atoms with E-state index in [1.54, 1.807) is 64.7 Å². The van der Waals surface area contributed by atoms with E-state index in [0.29, 0.717) is 107 Å². The van der Waals surface area contributed by atoms with Gasteiger partial charge in [0.15, 0.2) is 11.3 Å². The first-order valence-electron chi connectivity index (χ1n) is 16.8. The minimum Gasteiger partial charge on any atom is -0.478 e.